The highest BCUT2D eigenvalue weighted by molar-refractivity contribution is 7.80. The van der Waals surface area contributed by atoms with Crippen LogP contribution >= 0.6 is 12.6 Å². The lowest BCUT2D eigenvalue weighted by Gasteiger charge is -2.59. The molecule has 308 valence electrons. The molecule has 13 heteroatoms. The van der Waals surface area contributed by atoms with Gasteiger partial charge in [-0.15, -0.1) is 12.6 Å². The van der Waals surface area contributed by atoms with E-state index in [0.717, 1.165) is 63.4 Å². The van der Waals surface area contributed by atoms with Crippen molar-refractivity contribution in [1.29, 1.82) is 0 Å². The molecule has 9 rings (SSSR count). The molecule has 1 saturated carbocycles. The first-order valence-corrected chi connectivity index (χ1v) is 21.0. The molecule has 1 spiro atoms. The predicted molar refractivity (Wildman–Crippen MR) is 221 cm³/mol. The maximum Gasteiger partial charge on any atom is 0.344 e. The summed E-state index contributed by atoms with van der Waals surface area (Å²) in [6, 6.07) is 8.99. The Labute approximate surface area is 344 Å². The Kier molecular flexibility index (Phi) is 9.38. The van der Waals surface area contributed by atoms with Crippen molar-refractivity contribution in [3.05, 3.63) is 76.0 Å². The van der Waals surface area contributed by atoms with Crippen LogP contribution in [0.3, 0.4) is 0 Å². The number of hydrogen-bond donors (Lipinski definition) is 3. The molecule has 1 saturated heterocycles. The van der Waals surface area contributed by atoms with Gasteiger partial charge < -0.3 is 33.9 Å². The summed E-state index contributed by atoms with van der Waals surface area (Å²) >= 11 is 4.74. The molecule has 6 aliphatic rings. The number of nitrogens with one attached hydrogen (secondary N) is 1. The molecule has 5 aliphatic heterocycles. The van der Waals surface area contributed by atoms with Gasteiger partial charge in [-0.2, -0.15) is 0 Å². The molecule has 9 atom stereocenters. The number of aromatic amines is 1. The van der Waals surface area contributed by atoms with E-state index in [-0.39, 0.29) is 12.0 Å². The van der Waals surface area contributed by atoms with Gasteiger partial charge in [-0.05, 0) is 73.5 Å². The summed E-state index contributed by atoms with van der Waals surface area (Å²) in [4.78, 5) is 53.9. The van der Waals surface area contributed by atoms with Gasteiger partial charge in [-0.25, -0.2) is 4.79 Å². The van der Waals surface area contributed by atoms with Crippen molar-refractivity contribution in [1.82, 2.24) is 14.8 Å². The number of H-pyrrole nitrogens is 1. The number of esters is 3. The Morgan fingerprint density at radius 3 is 2.48 bits per heavy atom. The molecular weight excluding hydrogens is 757 g/mol. The zero-order valence-electron chi connectivity index (χ0n) is 34.4. The van der Waals surface area contributed by atoms with Crippen LogP contribution in [0.4, 0.5) is 5.69 Å². The first kappa shape index (κ1) is 39.2. The summed E-state index contributed by atoms with van der Waals surface area (Å²) in [5, 5.41) is 14.2. The Hall–Kier alpha value is -4.30. The number of fused-ring (bicyclic) bond motifs is 6. The first-order valence-electron chi connectivity index (χ1n) is 20.5. The van der Waals surface area contributed by atoms with Gasteiger partial charge in [0.25, 0.3) is 0 Å². The maximum absolute atomic E-state index is 15.2. The van der Waals surface area contributed by atoms with Crippen molar-refractivity contribution in [3.8, 4) is 5.75 Å². The lowest BCUT2D eigenvalue weighted by molar-refractivity contribution is -0.212. The highest BCUT2D eigenvalue weighted by atomic mass is 32.1. The third kappa shape index (κ3) is 5.15. The molecule has 12 nitrogen and oxygen atoms in total. The van der Waals surface area contributed by atoms with Gasteiger partial charge >= 0.3 is 17.9 Å². The number of methoxy groups -OCH3 is 3. The fourth-order valence-corrected chi connectivity index (χ4v) is 12.8. The van der Waals surface area contributed by atoms with Crippen LogP contribution in [0.1, 0.15) is 68.8 Å². The first-order chi connectivity index (χ1) is 27.8. The van der Waals surface area contributed by atoms with E-state index >= 15 is 4.79 Å². The van der Waals surface area contributed by atoms with E-state index in [4.69, 9.17) is 31.6 Å². The Balaban J connectivity index is 1.36. The minimum atomic E-state index is -2.26. The summed E-state index contributed by atoms with van der Waals surface area (Å²) in [7, 11) is 6.21. The molecule has 2 N–H and O–H groups in total. The fourth-order valence-electron chi connectivity index (χ4n) is 12.6. The van der Waals surface area contributed by atoms with Gasteiger partial charge in [-0.1, -0.05) is 37.1 Å². The topological polar surface area (TPSA) is 134 Å². The molecule has 6 heterocycles. The predicted octanol–water partition coefficient (Wildman–Crippen LogP) is 5.04. The molecule has 1 aliphatic carbocycles. The molecule has 3 aromatic rings. The summed E-state index contributed by atoms with van der Waals surface area (Å²) in [6.07, 6.45) is 5.87. The number of benzene rings is 2. The fraction of sp³-hybridized carbons (Fsp3) is 0.533. The number of aliphatic hydroxyl groups is 1. The average Bonchev–Trinajstić information content (AvgIpc) is 3.86. The molecule has 2 bridgehead atoms. The van der Waals surface area contributed by atoms with Crippen LogP contribution in [-0.4, -0.2) is 116 Å². The zero-order chi connectivity index (χ0) is 41.1. The molecular formula is C45H54N4O8S. The Morgan fingerprint density at radius 1 is 1.02 bits per heavy atom. The minimum absolute atomic E-state index is 0.0138. The second-order valence-corrected chi connectivity index (χ2v) is 17.8. The number of rotatable bonds is 7. The van der Waals surface area contributed by atoms with Gasteiger partial charge in [0.15, 0.2) is 6.10 Å². The molecule has 2 fully saturated rings. The lowest BCUT2D eigenvalue weighted by atomic mass is 9.52. The number of nitrogens with zero attached hydrogens (tertiary/aromatic N) is 3. The van der Waals surface area contributed by atoms with Crippen LogP contribution in [0.25, 0.3) is 10.9 Å². The van der Waals surface area contributed by atoms with E-state index in [0.29, 0.717) is 50.2 Å². The monoisotopic (exact) mass is 810 g/mol. The largest absolute Gasteiger partial charge is 0.496 e. The Bertz CT molecular complexity index is 2300. The molecule has 0 radical (unpaired) electrons. The van der Waals surface area contributed by atoms with Crippen molar-refractivity contribution in [2.75, 3.05) is 59.5 Å². The minimum Gasteiger partial charge on any atom is -0.496 e. The number of carbonyl (C=O) groups is 3. The average molecular weight is 811 g/mol. The standard InChI is InChI=1S/C45H54N4O8S/c1-8-25-16-26-20-44(41(51)55-6,37-30(23-48(21-25)22-26)29-17-28(58)10-11-33(29)46-37)32-18-31-34(19-35(32)54-5)47(4)40-43(31)13-15-49-14-12-27(9-2)36(38(43)49)39(57-24(3)50)45(40,53)42(52)56-7/h10-12,16-19,26,36,38-40,46,53,58H,8-9,13-15,20-23H2,1-7H3/t26-,36?,38+,39-,40-,43-,44+,45-/m1/s1. The van der Waals surface area contributed by atoms with Gasteiger partial charge in [0, 0.05) is 96.3 Å². The number of ether oxygens (including phenoxy) is 4. The van der Waals surface area contributed by atoms with Gasteiger partial charge in [0.05, 0.1) is 27.4 Å². The van der Waals surface area contributed by atoms with Crippen LogP contribution in [0, 0.1) is 11.8 Å². The third-order valence-electron chi connectivity index (χ3n) is 14.7. The van der Waals surface area contributed by atoms with Crippen molar-refractivity contribution in [2.45, 2.75) is 92.5 Å². The lowest BCUT2D eigenvalue weighted by Crippen LogP contribution is -2.78. The number of aromatic nitrogens is 1. The van der Waals surface area contributed by atoms with E-state index in [1.165, 1.54) is 26.7 Å². The normalized spacial score (nSPS) is 33.4. The van der Waals surface area contributed by atoms with Crippen molar-refractivity contribution < 1.29 is 38.4 Å². The second kappa shape index (κ2) is 13.9. The molecule has 2 unspecified atom stereocenters. The quantitative estimate of drug-likeness (QED) is 0.128. The van der Waals surface area contributed by atoms with Crippen molar-refractivity contribution in [2.24, 2.45) is 11.8 Å². The highest BCUT2D eigenvalue weighted by Crippen LogP contribution is 2.65. The number of likely N-dealkylation sites (N-methyl/N-ethyl adjacent to an activating group) is 1. The maximum atomic E-state index is 15.2. The zero-order valence-corrected chi connectivity index (χ0v) is 35.3. The molecule has 1 aromatic heterocycles. The summed E-state index contributed by atoms with van der Waals surface area (Å²) in [5.41, 5.74) is 2.90. The van der Waals surface area contributed by atoms with Crippen molar-refractivity contribution in [3.63, 3.8) is 0 Å². The van der Waals surface area contributed by atoms with Crippen LogP contribution in [0.5, 0.6) is 5.75 Å². The van der Waals surface area contributed by atoms with Crippen molar-refractivity contribution >= 4 is 47.1 Å². The van der Waals surface area contributed by atoms with Crippen LogP contribution in [0.15, 0.2) is 58.5 Å². The summed E-state index contributed by atoms with van der Waals surface area (Å²) in [6.45, 7) is 9.17. The highest BCUT2D eigenvalue weighted by Gasteiger charge is 2.77. The summed E-state index contributed by atoms with van der Waals surface area (Å²) < 4.78 is 23.8. The molecule has 0 amide bonds. The SMILES string of the molecule is CCC1=C[C@H]2CN(C1)Cc1c([nH]c3ccc(S)cc13)[C@@](C(=O)OC)(c1cc3c(cc1OC)N(C)[C@H]1[C@@](O)(C(=O)OC)[C@H](OC(C)=O)C4C(CC)=CCN5CC[C@]31[C@H]45)C2. The smallest absolute Gasteiger partial charge is 0.344 e. The van der Waals surface area contributed by atoms with E-state index in [1.807, 2.05) is 30.1 Å². The molecule has 2 aromatic carbocycles. The van der Waals surface area contributed by atoms with E-state index in [1.54, 1.807) is 7.11 Å². The van der Waals surface area contributed by atoms with Crippen LogP contribution < -0.4 is 9.64 Å². The number of carbonyl (C=O) groups excluding carboxylic acids is 3. The van der Waals surface area contributed by atoms with E-state index in [9.17, 15) is 14.7 Å². The third-order valence-corrected chi connectivity index (χ3v) is 14.9. The number of hydrogen-bond acceptors (Lipinski definition) is 12. The molecule has 58 heavy (non-hydrogen) atoms. The van der Waals surface area contributed by atoms with Gasteiger partial charge in [-0.3, -0.25) is 19.4 Å². The second-order valence-electron chi connectivity index (χ2n) is 17.2. The number of thiol groups is 1. The van der Waals surface area contributed by atoms with Gasteiger partial charge in [0.2, 0.25) is 5.60 Å². The van der Waals surface area contributed by atoms with E-state index < -0.39 is 52.4 Å². The Morgan fingerprint density at radius 2 is 1.79 bits per heavy atom. The number of anilines is 1. The van der Waals surface area contributed by atoms with Crippen LogP contribution in [0.2, 0.25) is 0 Å². The van der Waals surface area contributed by atoms with Gasteiger partial charge in [0.1, 0.15) is 11.2 Å². The van der Waals surface area contributed by atoms with E-state index in [2.05, 4.69) is 52.9 Å². The van der Waals surface area contributed by atoms with Crippen LogP contribution in [-0.2, 0) is 46.0 Å². The summed E-state index contributed by atoms with van der Waals surface area (Å²) in [5.74, 6) is -1.85.